The molecule has 11 nitrogen and oxygen atoms in total. The maximum absolute atomic E-state index is 14.4. The number of fused-ring (bicyclic) bond motifs is 1. The minimum Gasteiger partial charge on any atom is -0.490 e. The molecule has 17 heteroatoms. The number of alkyl halides is 3. The Morgan fingerprint density at radius 1 is 1.00 bits per heavy atom. The first-order valence-electron chi connectivity index (χ1n) is 17.6. The number of nitrogens with zero attached hydrogens (tertiary/aromatic N) is 4. The normalized spacial score (nSPS) is 20.3. The molecule has 1 fully saturated rings. The molecule has 294 valence electrons. The van der Waals surface area contributed by atoms with Crippen LogP contribution in [0.2, 0.25) is 0 Å². The van der Waals surface area contributed by atoms with E-state index in [9.17, 15) is 46.1 Å². The highest BCUT2D eigenvalue weighted by molar-refractivity contribution is 5.82. The number of aromatic nitrogens is 2. The van der Waals surface area contributed by atoms with Crippen molar-refractivity contribution >= 4 is 11.8 Å². The Kier molecular flexibility index (Phi) is 12.4. The van der Waals surface area contributed by atoms with Gasteiger partial charge in [0.25, 0.3) is 0 Å². The lowest BCUT2D eigenvalue weighted by Crippen LogP contribution is -2.60. The molecule has 4 aromatic rings. The predicted octanol–water partition coefficient (Wildman–Crippen LogP) is 3.68. The summed E-state index contributed by atoms with van der Waals surface area (Å²) in [6.45, 7) is -1.13. The first-order chi connectivity index (χ1) is 26.3. The third-order valence-electron chi connectivity index (χ3n) is 9.72. The van der Waals surface area contributed by atoms with E-state index >= 15 is 0 Å². The zero-order valence-corrected chi connectivity index (χ0v) is 29.4. The number of ether oxygens (including phenoxy) is 1. The fourth-order valence-electron chi connectivity index (χ4n) is 7.00. The Morgan fingerprint density at radius 2 is 1.80 bits per heavy atom. The standard InChI is InChI=1S/C38H40F6N6O5/c39-28-7-8-29(34(41)33(28)40)49-11-9-24(18-49)17-48-12-13-50(30(20-48)37(54)46-22-38(42,43)44)19-26(51)15-25(14-23-4-3-10-45-16-23)36(53)47-35-27-5-1-2-6-32(27)55-21-31(35)52/h1-11,16,18,25-26,30-31,35,51-52H,12-15,17,19-22H2,(H,46,54)(H,47,53)/t25-,26+,30+,31-,35+/m1/s1. The average molecular weight is 775 g/mol. The highest BCUT2D eigenvalue weighted by atomic mass is 19.4. The minimum atomic E-state index is -4.67. The second-order valence-corrected chi connectivity index (χ2v) is 13.8. The average Bonchev–Trinajstić information content (AvgIpc) is 3.62. The number of piperazine rings is 1. The number of hydrogen-bond donors (Lipinski definition) is 4. The van der Waals surface area contributed by atoms with Crippen molar-refractivity contribution in [1.29, 1.82) is 0 Å². The number of β-amino-alcohol motifs (C(OH)–C–C–N with tert-alkyl or cyclic N) is 1. The molecule has 55 heavy (non-hydrogen) atoms. The summed E-state index contributed by atoms with van der Waals surface area (Å²) >= 11 is 0. The van der Waals surface area contributed by atoms with Gasteiger partial charge < -0.3 is 30.2 Å². The molecule has 4 N–H and O–H groups in total. The summed E-state index contributed by atoms with van der Waals surface area (Å²) in [5, 5.41) is 27.0. The van der Waals surface area contributed by atoms with E-state index in [-0.39, 0.29) is 51.3 Å². The number of para-hydroxylation sites is 1. The fraction of sp³-hybridized carbons (Fsp3) is 0.395. The summed E-state index contributed by atoms with van der Waals surface area (Å²) in [6, 6.07) is 12.1. The Labute approximate surface area is 312 Å². The molecule has 0 unspecified atom stereocenters. The molecule has 2 aliphatic heterocycles. The maximum atomic E-state index is 14.4. The van der Waals surface area contributed by atoms with Gasteiger partial charge in [0.15, 0.2) is 17.5 Å². The Balaban J connectivity index is 1.15. The summed E-state index contributed by atoms with van der Waals surface area (Å²) in [5.41, 5.74) is 1.68. The molecule has 0 bridgehead atoms. The van der Waals surface area contributed by atoms with Crippen molar-refractivity contribution in [2.45, 2.75) is 49.9 Å². The third kappa shape index (κ3) is 10.0. The van der Waals surface area contributed by atoms with Gasteiger partial charge in [-0.3, -0.25) is 24.4 Å². The van der Waals surface area contributed by atoms with Gasteiger partial charge in [0.1, 0.15) is 31.0 Å². The molecule has 0 aliphatic carbocycles. The summed E-state index contributed by atoms with van der Waals surface area (Å²) in [4.78, 5) is 34.6. The van der Waals surface area contributed by atoms with Gasteiger partial charge in [-0.25, -0.2) is 13.2 Å². The molecule has 6 rings (SSSR count). The Bertz CT molecular complexity index is 1950. The van der Waals surface area contributed by atoms with Crippen LogP contribution in [0.5, 0.6) is 5.75 Å². The quantitative estimate of drug-likeness (QED) is 0.120. The second kappa shape index (κ2) is 17.2. The maximum Gasteiger partial charge on any atom is 0.405 e. The Hall–Kier alpha value is -4.97. The molecule has 0 spiro atoms. The van der Waals surface area contributed by atoms with Crippen LogP contribution in [0.25, 0.3) is 5.69 Å². The lowest BCUT2D eigenvalue weighted by molar-refractivity contribution is -0.143. The third-order valence-corrected chi connectivity index (χ3v) is 9.72. The van der Waals surface area contributed by atoms with Crippen molar-refractivity contribution in [3.63, 3.8) is 0 Å². The molecule has 2 aliphatic rings. The number of amides is 2. The first-order valence-corrected chi connectivity index (χ1v) is 17.6. The monoisotopic (exact) mass is 774 g/mol. The smallest absolute Gasteiger partial charge is 0.405 e. The van der Waals surface area contributed by atoms with Crippen LogP contribution in [0.3, 0.4) is 0 Å². The zero-order chi connectivity index (χ0) is 39.3. The van der Waals surface area contributed by atoms with E-state index in [4.69, 9.17) is 4.74 Å². The number of carbonyl (C=O) groups excluding carboxylic acids is 2. The zero-order valence-electron chi connectivity index (χ0n) is 29.4. The number of nitrogens with one attached hydrogen (secondary N) is 2. The molecule has 4 heterocycles. The highest BCUT2D eigenvalue weighted by Gasteiger charge is 2.38. The van der Waals surface area contributed by atoms with Gasteiger partial charge in [-0.1, -0.05) is 24.3 Å². The number of pyridine rings is 1. The van der Waals surface area contributed by atoms with Crippen LogP contribution in [-0.4, -0.2) is 105 Å². The number of carbonyl (C=O) groups is 2. The lowest BCUT2D eigenvalue weighted by Gasteiger charge is -2.41. The number of halogens is 6. The van der Waals surface area contributed by atoms with E-state index in [1.165, 1.54) is 17.0 Å². The molecule has 5 atom stereocenters. The molecule has 2 aromatic carbocycles. The number of rotatable bonds is 13. The van der Waals surface area contributed by atoms with Crippen molar-refractivity contribution < 1.29 is 50.9 Å². The van der Waals surface area contributed by atoms with Gasteiger partial charge in [-0.2, -0.15) is 13.2 Å². The van der Waals surface area contributed by atoms with Gasteiger partial charge in [-0.05, 0) is 54.3 Å². The van der Waals surface area contributed by atoms with Gasteiger partial charge in [0.05, 0.1) is 17.8 Å². The van der Waals surface area contributed by atoms with Crippen LogP contribution in [0, 0.1) is 23.4 Å². The van der Waals surface area contributed by atoms with E-state index in [2.05, 4.69) is 10.3 Å². The molecule has 1 saturated heterocycles. The van der Waals surface area contributed by atoms with Crippen LogP contribution in [-0.2, 0) is 22.6 Å². The van der Waals surface area contributed by atoms with Crippen molar-refractivity contribution in [3.8, 4) is 11.4 Å². The van der Waals surface area contributed by atoms with E-state index in [1.54, 1.807) is 64.7 Å². The second-order valence-electron chi connectivity index (χ2n) is 13.8. The molecular formula is C38H40F6N6O5. The first kappa shape index (κ1) is 39.7. The number of benzene rings is 2. The van der Waals surface area contributed by atoms with Gasteiger partial charge in [0.2, 0.25) is 11.8 Å². The van der Waals surface area contributed by atoms with Crippen LogP contribution >= 0.6 is 0 Å². The Morgan fingerprint density at radius 3 is 2.56 bits per heavy atom. The van der Waals surface area contributed by atoms with Gasteiger partial charge in [0, 0.05) is 69.0 Å². The summed E-state index contributed by atoms with van der Waals surface area (Å²) in [7, 11) is 0. The molecule has 2 amide bonds. The fourth-order valence-corrected chi connectivity index (χ4v) is 7.00. The van der Waals surface area contributed by atoms with Gasteiger partial charge in [-0.15, -0.1) is 0 Å². The highest BCUT2D eigenvalue weighted by Crippen LogP contribution is 2.32. The SMILES string of the molecule is O=C(N[C@H]1c2ccccc2OC[C@H]1O)[C@H](Cc1cccnc1)C[C@H](O)CN1CCN(Cc2ccn(-c3ccc(F)c(F)c3F)c2)C[C@H]1C(=O)NCC(F)(F)F. The van der Waals surface area contributed by atoms with Crippen molar-refractivity contribution in [2.75, 3.05) is 39.3 Å². The summed E-state index contributed by atoms with van der Waals surface area (Å²) in [6.07, 6.45) is -0.715. The largest absolute Gasteiger partial charge is 0.490 e. The van der Waals surface area contributed by atoms with E-state index in [0.717, 1.165) is 12.1 Å². The molecular weight excluding hydrogens is 734 g/mol. The van der Waals surface area contributed by atoms with Crippen LogP contribution in [0.1, 0.15) is 29.2 Å². The van der Waals surface area contributed by atoms with Crippen molar-refractivity contribution in [1.82, 2.24) is 30.0 Å². The van der Waals surface area contributed by atoms with Crippen molar-refractivity contribution in [3.05, 3.63) is 114 Å². The summed E-state index contributed by atoms with van der Waals surface area (Å²) < 4.78 is 88.0. The number of hydrogen-bond acceptors (Lipinski definition) is 8. The minimum absolute atomic E-state index is 0.0399. The van der Waals surface area contributed by atoms with E-state index < -0.39 is 72.2 Å². The molecule has 2 aromatic heterocycles. The summed E-state index contributed by atoms with van der Waals surface area (Å²) in [5.74, 6) is -6.00. The van der Waals surface area contributed by atoms with Crippen LogP contribution in [0.4, 0.5) is 26.3 Å². The lowest BCUT2D eigenvalue weighted by atomic mass is 9.91. The van der Waals surface area contributed by atoms with Crippen LogP contribution in [0.15, 0.2) is 79.4 Å². The predicted molar refractivity (Wildman–Crippen MR) is 186 cm³/mol. The van der Waals surface area contributed by atoms with E-state index in [1.807, 2.05) is 5.32 Å². The number of aliphatic hydroxyl groups is 2. The van der Waals surface area contributed by atoms with Crippen molar-refractivity contribution in [2.24, 2.45) is 5.92 Å². The van der Waals surface area contributed by atoms with Crippen LogP contribution < -0.4 is 15.4 Å². The van der Waals surface area contributed by atoms with E-state index in [0.29, 0.717) is 29.0 Å². The number of aliphatic hydroxyl groups excluding tert-OH is 2. The topological polar surface area (TPSA) is 132 Å². The molecule has 0 saturated carbocycles. The van der Waals surface area contributed by atoms with Gasteiger partial charge >= 0.3 is 6.18 Å². The molecule has 0 radical (unpaired) electrons.